The first-order chi connectivity index (χ1) is 30.0. The lowest BCUT2D eigenvalue weighted by atomic mass is 9.67. The molecule has 6 heterocycles. The molecule has 8 aliphatic rings. The fraction of sp³-hybridized carbons (Fsp3) is 0.804. The highest BCUT2D eigenvalue weighted by molar-refractivity contribution is 5.90. The van der Waals surface area contributed by atoms with Gasteiger partial charge >= 0.3 is 5.97 Å². The molecule has 0 aromatic rings. The number of allylic oxidation sites excluding steroid dienone is 3. The van der Waals surface area contributed by atoms with Crippen molar-refractivity contribution in [3.63, 3.8) is 0 Å². The minimum absolute atomic E-state index is 0.0370. The molecule has 2 unspecified atom stereocenters. The zero-order valence-corrected chi connectivity index (χ0v) is 40.5. The van der Waals surface area contributed by atoms with E-state index in [0.717, 1.165) is 75.3 Å². The van der Waals surface area contributed by atoms with E-state index in [-0.39, 0.29) is 64.4 Å². The Kier molecular flexibility index (Phi) is 16.8. The smallest absolute Gasteiger partial charge is 0.328 e. The van der Waals surface area contributed by atoms with Crippen molar-refractivity contribution in [3.8, 4) is 0 Å². The van der Waals surface area contributed by atoms with Gasteiger partial charge in [-0.05, 0) is 176 Å². The average molecular weight is 882 g/mol. The van der Waals surface area contributed by atoms with Crippen molar-refractivity contribution in [1.82, 2.24) is 9.80 Å². The fourth-order valence-electron chi connectivity index (χ4n) is 11.8. The minimum atomic E-state index is -0.920. The molecule has 0 aromatic heterocycles. The Labute approximate surface area is 379 Å². The number of carbonyl (C=O) groups is 2. The predicted molar refractivity (Wildman–Crippen MR) is 247 cm³/mol. The summed E-state index contributed by atoms with van der Waals surface area (Å²) in [4.78, 5) is 28.8. The van der Waals surface area contributed by atoms with Gasteiger partial charge in [0.2, 0.25) is 0 Å². The first kappa shape index (κ1) is 50.2. The molecule has 8 fully saturated rings. The second-order valence-corrected chi connectivity index (χ2v) is 20.9. The van der Waals surface area contributed by atoms with E-state index in [2.05, 4.69) is 77.6 Å². The first-order valence-electron chi connectivity index (χ1n) is 24.2. The summed E-state index contributed by atoms with van der Waals surface area (Å²) >= 11 is 0. The predicted octanol–water partition coefficient (Wildman–Crippen LogP) is 7.59. The molecule has 3 N–H and O–H groups in total. The molecule has 6 aliphatic heterocycles. The van der Waals surface area contributed by atoms with Gasteiger partial charge in [-0.15, -0.1) is 0 Å². The van der Waals surface area contributed by atoms with Crippen LogP contribution in [0.15, 0.2) is 46.6 Å². The Balaban J connectivity index is 0.000000180. The van der Waals surface area contributed by atoms with Gasteiger partial charge in [0.25, 0.3) is 0 Å². The van der Waals surface area contributed by atoms with Crippen molar-refractivity contribution in [3.05, 3.63) is 46.6 Å². The van der Waals surface area contributed by atoms with E-state index in [1.54, 1.807) is 14.2 Å². The maximum absolute atomic E-state index is 12.8. The molecule has 0 aromatic carbocycles. The number of hydrogen-bond acceptors (Lipinski definition) is 11. The van der Waals surface area contributed by atoms with Gasteiger partial charge in [0.1, 0.15) is 22.4 Å². The van der Waals surface area contributed by atoms with Crippen molar-refractivity contribution >= 4 is 11.8 Å². The molecule has 6 saturated heterocycles. The Morgan fingerprint density at radius 2 is 1.21 bits per heavy atom. The standard InChI is InChI=1S/C26H41NO4.C18H26O5.C7H16N2/c1-18(2)11-12-22-25(3,31-22)24-23(29-5)19(13-14-26(24)17-30-26)16-21(28)10-6-8-20-9-7-15-27(20)4;1-11(2)5-6-13-17(3,23-13)16-15(21-4)12(9-14(19)20)7-8-18(16)10-22-18;1-9-6-2-3-7(9)4-5-8/h11,16,20,22-24H,6-10,12-15,17H2,1-5H3;5,9,13,15-16H,6-8,10H2,1-4H3,(H,19,20);7H,2-6,8H2,1H3/t20?,22-,23-,24-,25+,26+;13-,15-,16-,17+,18+;/m11./s1. The van der Waals surface area contributed by atoms with Crippen LogP contribution in [0, 0.1) is 11.8 Å². The number of nitrogens with zero attached hydrogens (tertiary/aromatic N) is 2. The molecule has 0 radical (unpaired) electrons. The van der Waals surface area contributed by atoms with Crippen LogP contribution in [0.1, 0.15) is 131 Å². The summed E-state index contributed by atoms with van der Waals surface area (Å²) in [7, 11) is 7.80. The average Bonchev–Trinajstić information content (AvgIpc) is 4.20. The first-order valence-corrected chi connectivity index (χ1v) is 24.2. The van der Waals surface area contributed by atoms with Gasteiger partial charge in [-0.25, -0.2) is 4.79 Å². The number of carboxylic acids is 1. The zero-order chi connectivity index (χ0) is 45.7. The molecule has 0 bridgehead atoms. The van der Waals surface area contributed by atoms with Crippen LogP contribution in [-0.4, -0.2) is 147 Å². The monoisotopic (exact) mass is 882 g/mol. The third kappa shape index (κ3) is 12.0. The van der Waals surface area contributed by atoms with E-state index in [4.69, 9.17) is 39.3 Å². The topological polar surface area (TPSA) is 155 Å². The van der Waals surface area contributed by atoms with Crippen molar-refractivity contribution in [2.45, 2.75) is 190 Å². The van der Waals surface area contributed by atoms with E-state index in [1.807, 2.05) is 6.08 Å². The van der Waals surface area contributed by atoms with Crippen LogP contribution in [0.3, 0.4) is 0 Å². The van der Waals surface area contributed by atoms with E-state index in [1.165, 1.54) is 62.4 Å². The highest BCUT2D eigenvalue weighted by Gasteiger charge is 2.72. The normalized spacial score (nSPS) is 40.2. The van der Waals surface area contributed by atoms with Gasteiger partial charge in [0, 0.05) is 38.8 Å². The summed E-state index contributed by atoms with van der Waals surface area (Å²) in [6.45, 7) is 17.5. The quantitative estimate of drug-likeness (QED) is 0.0892. The number of hydrogen-bond donors (Lipinski definition) is 2. The Morgan fingerprint density at radius 3 is 1.57 bits per heavy atom. The molecule has 2 aliphatic carbocycles. The van der Waals surface area contributed by atoms with Crippen LogP contribution in [0.2, 0.25) is 0 Å². The summed E-state index contributed by atoms with van der Waals surface area (Å²) in [5.74, 6) is -0.501. The van der Waals surface area contributed by atoms with Crippen LogP contribution >= 0.6 is 0 Å². The number of ether oxygens (including phenoxy) is 6. The minimum Gasteiger partial charge on any atom is -0.478 e. The molecule has 12 heteroatoms. The SMILES string of the molecule is CN1CCCC1CCN.CO[C@@H]1C(=CC(=O)CCCC2CCCN2C)CC[C@]2(CO2)[C@H]1[C@@]1(C)O[C@@H]1CC=C(C)C.CO[C@@H]1C(=CC(=O)O)CC[C@]2(CO2)[C@H]1[C@@]1(C)O[C@@H]1CC=C(C)C. The fourth-order valence-corrected chi connectivity index (χ4v) is 11.8. The van der Waals surface area contributed by atoms with Gasteiger partial charge in [0.05, 0.1) is 49.5 Å². The van der Waals surface area contributed by atoms with E-state index in [0.29, 0.717) is 25.5 Å². The largest absolute Gasteiger partial charge is 0.478 e. The number of likely N-dealkylation sites (tertiary alicyclic amines) is 2. The summed E-state index contributed by atoms with van der Waals surface area (Å²) in [6, 6.07) is 1.44. The van der Waals surface area contributed by atoms with Gasteiger partial charge < -0.3 is 49.1 Å². The summed E-state index contributed by atoms with van der Waals surface area (Å²) in [6.07, 6.45) is 22.0. The van der Waals surface area contributed by atoms with Crippen LogP contribution in [0.5, 0.6) is 0 Å². The molecule has 63 heavy (non-hydrogen) atoms. The lowest BCUT2D eigenvalue weighted by Crippen LogP contribution is -2.50. The molecule has 2 spiro atoms. The number of carboxylic acid groups (broad SMARTS) is 1. The molecule has 8 rings (SSSR count). The molecule has 2 saturated carbocycles. The molecular weight excluding hydrogens is 799 g/mol. The Bertz CT molecular complexity index is 1710. The van der Waals surface area contributed by atoms with Crippen LogP contribution < -0.4 is 5.73 Å². The number of rotatable bonds is 16. The van der Waals surface area contributed by atoms with Gasteiger partial charge in [-0.3, -0.25) is 4.79 Å². The zero-order valence-electron chi connectivity index (χ0n) is 40.5. The summed E-state index contributed by atoms with van der Waals surface area (Å²) in [5.41, 5.74) is 9.10. The van der Waals surface area contributed by atoms with Crippen LogP contribution in [-0.2, 0) is 38.0 Å². The van der Waals surface area contributed by atoms with E-state index in [9.17, 15) is 9.59 Å². The number of nitrogens with two attached hydrogens (primary N) is 1. The number of carbonyl (C=O) groups excluding carboxylic acids is 1. The third-order valence-corrected chi connectivity index (χ3v) is 15.8. The molecule has 12 nitrogen and oxygen atoms in total. The number of aliphatic carboxylic acids is 1. The van der Waals surface area contributed by atoms with E-state index < -0.39 is 5.97 Å². The number of ketones is 1. The van der Waals surface area contributed by atoms with Crippen molar-refractivity contribution in [2.24, 2.45) is 17.6 Å². The number of methoxy groups -OCH3 is 2. The van der Waals surface area contributed by atoms with Gasteiger partial charge in [-0.1, -0.05) is 23.3 Å². The van der Waals surface area contributed by atoms with Gasteiger partial charge in [-0.2, -0.15) is 0 Å². The molecule has 356 valence electrons. The lowest BCUT2D eigenvalue weighted by Gasteiger charge is -2.40. The van der Waals surface area contributed by atoms with Crippen LogP contribution in [0.4, 0.5) is 0 Å². The van der Waals surface area contributed by atoms with E-state index >= 15 is 0 Å². The maximum Gasteiger partial charge on any atom is 0.328 e. The molecular formula is C51H83N3O9. The number of epoxide rings is 4. The third-order valence-electron chi connectivity index (χ3n) is 15.8. The Hall–Kier alpha value is -2.26. The van der Waals surface area contributed by atoms with Crippen molar-refractivity contribution in [2.75, 3.05) is 61.2 Å². The second kappa shape index (κ2) is 21.1. The molecule has 0 amide bonds. The summed E-state index contributed by atoms with van der Waals surface area (Å²) in [5, 5.41) is 9.12. The highest BCUT2D eigenvalue weighted by Crippen LogP contribution is 2.61. The second-order valence-electron chi connectivity index (χ2n) is 20.9. The van der Waals surface area contributed by atoms with Crippen LogP contribution in [0.25, 0.3) is 0 Å². The molecule has 12 atom stereocenters. The highest BCUT2D eigenvalue weighted by atomic mass is 16.6. The van der Waals surface area contributed by atoms with Crippen molar-refractivity contribution in [1.29, 1.82) is 0 Å². The lowest BCUT2D eigenvalue weighted by molar-refractivity contribution is -0.131. The Morgan fingerprint density at radius 1 is 0.762 bits per heavy atom. The van der Waals surface area contributed by atoms with Crippen molar-refractivity contribution < 1.29 is 43.1 Å². The van der Waals surface area contributed by atoms with Gasteiger partial charge in [0.15, 0.2) is 5.78 Å². The summed E-state index contributed by atoms with van der Waals surface area (Å²) < 4.78 is 35.9. The maximum atomic E-state index is 12.8.